The van der Waals surface area contributed by atoms with Crippen molar-refractivity contribution in [2.45, 2.75) is 6.42 Å². The van der Waals surface area contributed by atoms with Crippen LogP contribution in [0.25, 0.3) is 0 Å². The van der Waals surface area contributed by atoms with E-state index in [1.54, 1.807) is 0 Å². The van der Waals surface area contributed by atoms with Crippen LogP contribution in [0.15, 0.2) is 41.6 Å². The van der Waals surface area contributed by atoms with Crippen molar-refractivity contribution in [2.75, 3.05) is 13.1 Å². The Bertz CT molecular complexity index is 393. The van der Waals surface area contributed by atoms with Gasteiger partial charge in [0.25, 0.3) is 0 Å². The largest absolute Gasteiger partial charge is 0.402 e. The molecule has 1 aromatic carbocycles. The maximum absolute atomic E-state index is 8.08. The molecule has 78 valence electrons. The first-order valence-corrected chi connectivity index (χ1v) is 5.11. The average molecular weight is 201 g/mol. The second-order valence-electron chi connectivity index (χ2n) is 3.67. The maximum Gasteiger partial charge on any atom is 0.0674 e. The minimum atomic E-state index is 0.542. The van der Waals surface area contributed by atoms with Crippen LogP contribution in [0.2, 0.25) is 0 Å². The van der Waals surface area contributed by atoms with Crippen LogP contribution in [-0.2, 0) is 0 Å². The molecular weight excluding hydrogens is 186 g/mol. The number of nitrogens with two attached hydrogens (primary N) is 1. The zero-order chi connectivity index (χ0) is 10.7. The van der Waals surface area contributed by atoms with Crippen molar-refractivity contribution >= 4 is 5.71 Å². The molecule has 2 rings (SSSR count). The van der Waals surface area contributed by atoms with Gasteiger partial charge in [-0.2, -0.15) is 0 Å². The predicted molar refractivity (Wildman–Crippen MR) is 62.0 cm³/mol. The minimum Gasteiger partial charge on any atom is -0.402 e. The van der Waals surface area contributed by atoms with E-state index in [0.29, 0.717) is 12.3 Å². The SMILES string of the molecule is N=C(C1=C(N)CCNC1)c1ccccc1. The van der Waals surface area contributed by atoms with Crippen molar-refractivity contribution < 1.29 is 0 Å². The summed E-state index contributed by atoms with van der Waals surface area (Å²) in [7, 11) is 0. The Labute approximate surface area is 89.5 Å². The van der Waals surface area contributed by atoms with E-state index in [4.69, 9.17) is 11.1 Å². The molecule has 1 aliphatic heterocycles. The number of hydrogen-bond donors (Lipinski definition) is 3. The Kier molecular flexibility index (Phi) is 2.83. The van der Waals surface area contributed by atoms with Gasteiger partial charge in [-0.15, -0.1) is 0 Å². The fraction of sp³-hybridized carbons (Fsp3) is 0.250. The van der Waals surface area contributed by atoms with Gasteiger partial charge < -0.3 is 11.1 Å². The monoisotopic (exact) mass is 201 g/mol. The molecule has 0 aromatic heterocycles. The summed E-state index contributed by atoms with van der Waals surface area (Å²) in [6.45, 7) is 1.62. The van der Waals surface area contributed by atoms with Crippen LogP contribution in [0.1, 0.15) is 12.0 Å². The molecule has 1 heterocycles. The summed E-state index contributed by atoms with van der Waals surface area (Å²) in [5.41, 5.74) is 9.17. The molecule has 0 fully saturated rings. The van der Waals surface area contributed by atoms with Crippen molar-refractivity contribution in [1.82, 2.24) is 5.32 Å². The van der Waals surface area contributed by atoms with Crippen molar-refractivity contribution in [2.24, 2.45) is 5.73 Å². The molecule has 15 heavy (non-hydrogen) atoms. The predicted octanol–water partition coefficient (Wildman–Crippen LogP) is 1.26. The van der Waals surface area contributed by atoms with E-state index >= 15 is 0 Å². The number of hydrogen-bond acceptors (Lipinski definition) is 3. The van der Waals surface area contributed by atoms with E-state index in [1.165, 1.54) is 0 Å². The van der Waals surface area contributed by atoms with Gasteiger partial charge in [0.05, 0.1) is 5.71 Å². The highest BCUT2D eigenvalue weighted by Crippen LogP contribution is 2.13. The Morgan fingerprint density at radius 1 is 1.27 bits per heavy atom. The van der Waals surface area contributed by atoms with Gasteiger partial charge in [0, 0.05) is 24.4 Å². The Hall–Kier alpha value is -1.61. The van der Waals surface area contributed by atoms with Gasteiger partial charge in [0.1, 0.15) is 0 Å². The fourth-order valence-corrected chi connectivity index (χ4v) is 1.73. The van der Waals surface area contributed by atoms with E-state index in [-0.39, 0.29) is 0 Å². The van der Waals surface area contributed by atoms with Gasteiger partial charge >= 0.3 is 0 Å². The number of rotatable bonds is 2. The normalized spacial score (nSPS) is 16.5. The fourth-order valence-electron chi connectivity index (χ4n) is 1.73. The summed E-state index contributed by atoms with van der Waals surface area (Å²) in [4.78, 5) is 0. The first-order valence-electron chi connectivity index (χ1n) is 5.11. The third kappa shape index (κ3) is 2.07. The van der Waals surface area contributed by atoms with Crippen LogP contribution >= 0.6 is 0 Å². The average Bonchev–Trinajstić information content (AvgIpc) is 2.30. The van der Waals surface area contributed by atoms with Gasteiger partial charge in [-0.1, -0.05) is 30.3 Å². The molecule has 0 unspecified atom stereocenters. The summed E-state index contributed by atoms with van der Waals surface area (Å²) < 4.78 is 0. The summed E-state index contributed by atoms with van der Waals surface area (Å²) in [5, 5.41) is 11.3. The van der Waals surface area contributed by atoms with Gasteiger partial charge in [-0.3, -0.25) is 5.41 Å². The van der Waals surface area contributed by atoms with Crippen LogP contribution in [0.5, 0.6) is 0 Å². The minimum absolute atomic E-state index is 0.542. The summed E-state index contributed by atoms with van der Waals surface area (Å²) in [6, 6.07) is 9.72. The van der Waals surface area contributed by atoms with E-state index in [9.17, 15) is 0 Å². The zero-order valence-corrected chi connectivity index (χ0v) is 8.59. The molecule has 1 aliphatic rings. The highest BCUT2D eigenvalue weighted by atomic mass is 14.9. The van der Waals surface area contributed by atoms with Crippen LogP contribution in [0.3, 0.4) is 0 Å². The third-order valence-corrected chi connectivity index (χ3v) is 2.62. The molecule has 0 spiro atoms. The van der Waals surface area contributed by atoms with E-state index in [2.05, 4.69) is 5.32 Å². The topological polar surface area (TPSA) is 61.9 Å². The molecule has 3 heteroatoms. The van der Waals surface area contributed by atoms with E-state index < -0.39 is 0 Å². The molecular formula is C12H15N3. The highest BCUT2D eigenvalue weighted by molar-refractivity contribution is 6.11. The van der Waals surface area contributed by atoms with Gasteiger partial charge in [0.2, 0.25) is 0 Å². The zero-order valence-electron chi connectivity index (χ0n) is 8.59. The van der Waals surface area contributed by atoms with Crippen LogP contribution in [0, 0.1) is 5.41 Å². The van der Waals surface area contributed by atoms with Crippen LogP contribution < -0.4 is 11.1 Å². The first-order chi connectivity index (χ1) is 7.29. The standard InChI is InChI=1S/C12H15N3/c13-11-6-7-15-8-10(11)12(14)9-4-2-1-3-5-9/h1-5,14-15H,6-8,13H2. The van der Waals surface area contributed by atoms with Crippen LogP contribution in [0.4, 0.5) is 0 Å². The molecule has 1 aromatic rings. The van der Waals surface area contributed by atoms with Crippen molar-refractivity contribution in [3.63, 3.8) is 0 Å². The maximum atomic E-state index is 8.08. The van der Waals surface area contributed by atoms with Crippen molar-refractivity contribution in [1.29, 1.82) is 5.41 Å². The first kappa shape index (κ1) is 9.93. The summed E-state index contributed by atoms with van der Waals surface area (Å²) in [6.07, 6.45) is 0.838. The van der Waals surface area contributed by atoms with Crippen molar-refractivity contribution in [3.8, 4) is 0 Å². The summed E-state index contributed by atoms with van der Waals surface area (Å²) >= 11 is 0. The second-order valence-corrected chi connectivity index (χ2v) is 3.67. The van der Waals surface area contributed by atoms with E-state index in [1.807, 2.05) is 30.3 Å². The molecule has 0 amide bonds. The van der Waals surface area contributed by atoms with Crippen LogP contribution in [-0.4, -0.2) is 18.8 Å². The Balaban J connectivity index is 2.28. The molecule has 0 atom stereocenters. The number of benzene rings is 1. The molecule has 3 nitrogen and oxygen atoms in total. The quantitative estimate of drug-likeness (QED) is 0.631. The Morgan fingerprint density at radius 3 is 2.67 bits per heavy atom. The van der Waals surface area contributed by atoms with Crippen molar-refractivity contribution in [3.05, 3.63) is 47.2 Å². The smallest absolute Gasteiger partial charge is 0.0674 e. The number of nitrogens with one attached hydrogen (secondary N) is 2. The molecule has 0 saturated carbocycles. The van der Waals surface area contributed by atoms with Gasteiger partial charge in [-0.25, -0.2) is 0 Å². The summed E-state index contributed by atoms with van der Waals surface area (Å²) in [5.74, 6) is 0. The third-order valence-electron chi connectivity index (χ3n) is 2.62. The molecule has 4 N–H and O–H groups in total. The lowest BCUT2D eigenvalue weighted by Crippen LogP contribution is -2.31. The van der Waals surface area contributed by atoms with Gasteiger partial charge in [-0.05, 0) is 12.0 Å². The lowest BCUT2D eigenvalue weighted by Gasteiger charge is -2.19. The molecule has 0 bridgehead atoms. The Morgan fingerprint density at radius 2 is 2.00 bits per heavy atom. The lowest BCUT2D eigenvalue weighted by atomic mass is 9.98. The second kappa shape index (κ2) is 4.28. The lowest BCUT2D eigenvalue weighted by molar-refractivity contribution is 0.686. The highest BCUT2D eigenvalue weighted by Gasteiger charge is 2.14. The molecule has 0 radical (unpaired) electrons. The van der Waals surface area contributed by atoms with Gasteiger partial charge in [0.15, 0.2) is 0 Å². The van der Waals surface area contributed by atoms with E-state index in [0.717, 1.165) is 29.8 Å². The molecule has 0 saturated heterocycles. The molecule has 0 aliphatic carbocycles.